The van der Waals surface area contributed by atoms with Crippen LogP contribution in [0, 0.1) is 27.7 Å². The van der Waals surface area contributed by atoms with Gasteiger partial charge in [-0.05, 0) is 81.5 Å². The average Bonchev–Trinajstić information content (AvgIpc) is 2.72. The smallest absolute Gasteiger partial charge is 0.325 e. The number of carbonyl (C=O) groups is 2. The number of carboxylic acids is 1. The number of rotatable bonds is 7. The van der Waals surface area contributed by atoms with Gasteiger partial charge < -0.3 is 15.7 Å². The second kappa shape index (κ2) is 9.90. The molecule has 0 aliphatic heterocycles. The van der Waals surface area contributed by atoms with Gasteiger partial charge in [-0.2, -0.15) is 0 Å². The summed E-state index contributed by atoms with van der Waals surface area (Å²) in [6.07, 6.45) is 0. The largest absolute Gasteiger partial charge is 0.480 e. The summed E-state index contributed by atoms with van der Waals surface area (Å²) in [6.45, 7) is 11.6. The third-order valence-corrected chi connectivity index (χ3v) is 5.80. The van der Waals surface area contributed by atoms with Crippen molar-refractivity contribution in [1.29, 1.82) is 0 Å². The van der Waals surface area contributed by atoms with Gasteiger partial charge in [0.1, 0.15) is 6.04 Å². The van der Waals surface area contributed by atoms with Gasteiger partial charge in [-0.3, -0.25) is 9.59 Å². The van der Waals surface area contributed by atoms with Gasteiger partial charge in [0, 0.05) is 17.3 Å². The molecule has 0 spiro atoms. The molecule has 3 rings (SSSR count). The normalized spacial score (nSPS) is 12.7. The molecule has 0 aliphatic carbocycles. The first-order chi connectivity index (χ1) is 15.5. The molecule has 3 aromatic carbocycles. The van der Waals surface area contributed by atoms with Crippen LogP contribution in [0.15, 0.2) is 54.6 Å². The van der Waals surface area contributed by atoms with Crippen LogP contribution in [0.25, 0.3) is 11.1 Å². The first-order valence-electron chi connectivity index (χ1n) is 11.1. The summed E-state index contributed by atoms with van der Waals surface area (Å²) in [5.41, 5.74) is 8.96. The molecule has 2 atom stereocenters. The Labute approximate surface area is 195 Å². The predicted molar refractivity (Wildman–Crippen MR) is 134 cm³/mol. The molecule has 0 bridgehead atoms. The van der Waals surface area contributed by atoms with Crippen molar-refractivity contribution in [2.24, 2.45) is 0 Å². The van der Waals surface area contributed by atoms with Crippen LogP contribution in [-0.4, -0.2) is 23.0 Å². The van der Waals surface area contributed by atoms with E-state index in [1.54, 1.807) is 0 Å². The van der Waals surface area contributed by atoms with Crippen LogP contribution >= 0.6 is 0 Å². The van der Waals surface area contributed by atoms with E-state index in [1.165, 1.54) is 23.6 Å². The predicted octanol–water partition coefficient (Wildman–Crippen LogP) is 5.96. The molecule has 0 aliphatic rings. The number of hydrogen-bond donors (Lipinski definition) is 3. The fraction of sp³-hybridized carbons (Fsp3) is 0.286. The van der Waals surface area contributed by atoms with E-state index in [4.69, 9.17) is 5.11 Å². The Hall–Kier alpha value is -3.60. The maximum absolute atomic E-state index is 12.6. The molecule has 0 fully saturated rings. The molecule has 0 aromatic heterocycles. The standard InChI is InChI=1S/C28H32N2O3/c1-16-10-17(2)12-23(11-16)20(5)29-25-9-7-8-22(15-25)24-13-18(3)26(19(4)14-24)27(31)30-21(6)28(32)33/h7-15,20-21,29H,1-6H3,(H,30,31)(H,32,33)/t20?,21-/m0/s1. The monoisotopic (exact) mass is 444 g/mol. The number of benzene rings is 3. The molecule has 0 radical (unpaired) electrons. The van der Waals surface area contributed by atoms with Crippen molar-refractivity contribution in [1.82, 2.24) is 5.32 Å². The lowest BCUT2D eigenvalue weighted by Gasteiger charge is -2.18. The lowest BCUT2D eigenvalue weighted by Crippen LogP contribution is -2.38. The summed E-state index contributed by atoms with van der Waals surface area (Å²) >= 11 is 0. The van der Waals surface area contributed by atoms with E-state index in [0.717, 1.165) is 27.9 Å². The zero-order valence-corrected chi connectivity index (χ0v) is 20.1. The Morgan fingerprint density at radius 1 is 0.818 bits per heavy atom. The van der Waals surface area contributed by atoms with Crippen LogP contribution in [0.3, 0.4) is 0 Å². The summed E-state index contributed by atoms with van der Waals surface area (Å²) in [4.78, 5) is 23.7. The Kier molecular flexibility index (Phi) is 7.22. The summed E-state index contributed by atoms with van der Waals surface area (Å²) in [7, 11) is 0. The van der Waals surface area contributed by atoms with Gasteiger partial charge in [-0.25, -0.2) is 0 Å². The number of aryl methyl sites for hydroxylation is 4. The minimum Gasteiger partial charge on any atom is -0.480 e. The maximum atomic E-state index is 12.6. The van der Waals surface area contributed by atoms with Gasteiger partial charge in [-0.1, -0.05) is 53.6 Å². The molecule has 33 heavy (non-hydrogen) atoms. The molecule has 1 unspecified atom stereocenters. The second-order valence-electron chi connectivity index (χ2n) is 8.89. The van der Waals surface area contributed by atoms with E-state index in [9.17, 15) is 9.59 Å². The third kappa shape index (κ3) is 5.80. The minimum absolute atomic E-state index is 0.157. The molecule has 0 saturated carbocycles. The Morgan fingerprint density at radius 2 is 1.42 bits per heavy atom. The van der Waals surface area contributed by atoms with Crippen molar-refractivity contribution in [2.75, 3.05) is 5.32 Å². The first kappa shape index (κ1) is 24.1. The van der Waals surface area contributed by atoms with E-state index >= 15 is 0 Å². The van der Waals surface area contributed by atoms with Crippen LogP contribution in [0.4, 0.5) is 5.69 Å². The van der Waals surface area contributed by atoms with E-state index in [1.807, 2.05) is 38.1 Å². The van der Waals surface area contributed by atoms with Crippen LogP contribution < -0.4 is 10.6 Å². The van der Waals surface area contributed by atoms with Crippen molar-refractivity contribution in [3.05, 3.63) is 88.0 Å². The number of amides is 1. The molecule has 3 N–H and O–H groups in total. The van der Waals surface area contributed by atoms with Gasteiger partial charge in [0.15, 0.2) is 0 Å². The zero-order chi connectivity index (χ0) is 24.3. The van der Waals surface area contributed by atoms with Crippen molar-refractivity contribution in [2.45, 2.75) is 53.6 Å². The van der Waals surface area contributed by atoms with Gasteiger partial charge in [0.25, 0.3) is 5.91 Å². The molecule has 0 saturated heterocycles. The van der Waals surface area contributed by atoms with Gasteiger partial charge >= 0.3 is 5.97 Å². The van der Waals surface area contributed by atoms with Crippen molar-refractivity contribution < 1.29 is 14.7 Å². The van der Waals surface area contributed by atoms with Crippen molar-refractivity contribution in [3.63, 3.8) is 0 Å². The highest BCUT2D eigenvalue weighted by Gasteiger charge is 2.19. The maximum Gasteiger partial charge on any atom is 0.325 e. The molecular formula is C28H32N2O3. The van der Waals surface area contributed by atoms with Crippen molar-refractivity contribution in [3.8, 4) is 11.1 Å². The quantitative estimate of drug-likeness (QED) is 0.420. The minimum atomic E-state index is -1.06. The topological polar surface area (TPSA) is 78.4 Å². The third-order valence-electron chi connectivity index (χ3n) is 5.80. The second-order valence-corrected chi connectivity index (χ2v) is 8.89. The Balaban J connectivity index is 1.85. The van der Waals surface area contributed by atoms with Gasteiger partial charge in [0.2, 0.25) is 0 Å². The number of carboxylic acid groups (broad SMARTS) is 1. The highest BCUT2D eigenvalue weighted by Crippen LogP contribution is 2.29. The van der Waals surface area contributed by atoms with Crippen LogP contribution in [0.1, 0.15) is 58.1 Å². The van der Waals surface area contributed by atoms with E-state index in [0.29, 0.717) is 5.56 Å². The molecule has 3 aromatic rings. The number of hydrogen-bond acceptors (Lipinski definition) is 3. The van der Waals surface area contributed by atoms with Gasteiger partial charge in [0.05, 0.1) is 0 Å². The molecule has 5 heteroatoms. The van der Waals surface area contributed by atoms with Crippen LogP contribution in [0.5, 0.6) is 0 Å². The molecule has 0 heterocycles. The summed E-state index contributed by atoms with van der Waals surface area (Å²) < 4.78 is 0. The van der Waals surface area contributed by atoms with E-state index in [2.05, 4.69) is 61.7 Å². The Morgan fingerprint density at radius 3 is 2.00 bits per heavy atom. The SMILES string of the molecule is Cc1cc(C)cc(C(C)Nc2cccc(-c3cc(C)c(C(=O)N[C@@H](C)C(=O)O)c(C)c3)c2)c1. The van der Waals surface area contributed by atoms with E-state index < -0.39 is 12.0 Å². The lowest BCUT2D eigenvalue weighted by atomic mass is 9.94. The van der Waals surface area contributed by atoms with Crippen molar-refractivity contribution >= 4 is 17.6 Å². The van der Waals surface area contributed by atoms with Crippen LogP contribution in [0.2, 0.25) is 0 Å². The number of anilines is 1. The summed E-state index contributed by atoms with van der Waals surface area (Å²) in [5.74, 6) is -1.43. The fourth-order valence-corrected chi connectivity index (χ4v) is 4.20. The highest BCUT2D eigenvalue weighted by atomic mass is 16.4. The van der Waals surface area contributed by atoms with Crippen LogP contribution in [-0.2, 0) is 4.79 Å². The number of nitrogens with one attached hydrogen (secondary N) is 2. The van der Waals surface area contributed by atoms with Gasteiger partial charge in [-0.15, -0.1) is 0 Å². The zero-order valence-electron chi connectivity index (χ0n) is 20.1. The summed E-state index contributed by atoms with van der Waals surface area (Å²) in [5, 5.41) is 15.2. The van der Waals surface area contributed by atoms with E-state index in [-0.39, 0.29) is 11.9 Å². The highest BCUT2D eigenvalue weighted by molar-refractivity contribution is 5.99. The number of aliphatic carboxylic acids is 1. The first-order valence-corrected chi connectivity index (χ1v) is 11.1. The molecule has 172 valence electrons. The molecule has 1 amide bonds. The number of carbonyl (C=O) groups excluding carboxylic acids is 1. The molecule has 5 nitrogen and oxygen atoms in total. The fourth-order valence-electron chi connectivity index (χ4n) is 4.20. The Bertz CT molecular complexity index is 1160. The average molecular weight is 445 g/mol. The summed E-state index contributed by atoms with van der Waals surface area (Å²) in [6, 6.07) is 18.0. The lowest BCUT2D eigenvalue weighted by molar-refractivity contribution is -0.138. The molecular weight excluding hydrogens is 412 g/mol.